The summed E-state index contributed by atoms with van der Waals surface area (Å²) in [6, 6.07) is 12.9. The van der Waals surface area contributed by atoms with E-state index in [2.05, 4.69) is 15.3 Å². The van der Waals surface area contributed by atoms with Crippen LogP contribution >= 0.6 is 0 Å². The summed E-state index contributed by atoms with van der Waals surface area (Å²) in [4.78, 5) is 21.4. The van der Waals surface area contributed by atoms with E-state index in [0.29, 0.717) is 18.4 Å². The van der Waals surface area contributed by atoms with E-state index in [1.54, 1.807) is 18.3 Å². The molecule has 1 aliphatic rings. The molecule has 2 aromatic heterocycles. The average Bonchev–Trinajstić information content (AvgIpc) is 2.69. The second-order valence-corrected chi connectivity index (χ2v) is 7.01. The number of aliphatic hydroxyl groups is 2. The molecule has 1 aliphatic carbocycles. The lowest BCUT2D eigenvalue weighted by atomic mass is 9.75. The van der Waals surface area contributed by atoms with Crippen LogP contribution in [0, 0.1) is 5.92 Å². The average molecular weight is 363 g/mol. The van der Waals surface area contributed by atoms with E-state index in [1.165, 1.54) is 6.20 Å². The minimum absolute atomic E-state index is 0.143. The van der Waals surface area contributed by atoms with E-state index >= 15 is 0 Å². The predicted octanol–water partition coefficient (Wildman–Crippen LogP) is 2.36. The lowest BCUT2D eigenvalue weighted by molar-refractivity contribution is 0.0234. The van der Waals surface area contributed by atoms with Gasteiger partial charge in [-0.1, -0.05) is 18.2 Å². The molecule has 0 saturated heterocycles. The first-order valence-corrected chi connectivity index (χ1v) is 9.03. The van der Waals surface area contributed by atoms with Crippen molar-refractivity contribution in [1.29, 1.82) is 0 Å². The highest BCUT2D eigenvalue weighted by Crippen LogP contribution is 2.38. The number of rotatable bonds is 5. The highest BCUT2D eigenvalue weighted by atomic mass is 16.3. The maximum absolute atomic E-state index is 12.7. The highest BCUT2D eigenvalue weighted by Gasteiger charge is 2.36. The van der Waals surface area contributed by atoms with Gasteiger partial charge in [0.1, 0.15) is 5.69 Å². The number of aromatic nitrogens is 2. The van der Waals surface area contributed by atoms with Crippen molar-refractivity contribution < 1.29 is 15.0 Å². The van der Waals surface area contributed by atoms with Gasteiger partial charge >= 0.3 is 0 Å². The van der Waals surface area contributed by atoms with E-state index in [0.717, 1.165) is 16.5 Å². The third-order valence-electron chi connectivity index (χ3n) is 5.12. The van der Waals surface area contributed by atoms with Gasteiger partial charge in [0, 0.05) is 17.8 Å². The first kappa shape index (κ1) is 17.6. The smallest absolute Gasteiger partial charge is 0.270 e. The Morgan fingerprint density at radius 2 is 2.00 bits per heavy atom. The largest absolute Gasteiger partial charge is 0.393 e. The fraction of sp³-hybridized carbons (Fsp3) is 0.286. The summed E-state index contributed by atoms with van der Waals surface area (Å²) in [5.74, 6) is -0.155. The quantitative estimate of drug-likeness (QED) is 0.647. The van der Waals surface area contributed by atoms with Crippen LogP contribution < -0.4 is 5.32 Å². The van der Waals surface area contributed by atoms with Gasteiger partial charge < -0.3 is 15.5 Å². The molecule has 4 rings (SSSR count). The van der Waals surface area contributed by atoms with Gasteiger partial charge in [0.25, 0.3) is 5.91 Å². The standard InChI is InChI=1S/C21H21N3O3/c25-12-13-5-6-22-19(7-13)21(27)24-20(15-9-17(26)10-15)16-8-14-3-1-2-4-18(14)23-11-16/h1-8,11,15,17,20,25-26H,9-10,12H2,(H,24,27). The molecular formula is C21H21N3O3. The SMILES string of the molecule is O=C(NC(c1cnc2ccccc2c1)C1CC(O)C1)c1cc(CO)ccn1. The number of pyridine rings is 2. The molecule has 1 atom stereocenters. The lowest BCUT2D eigenvalue weighted by Gasteiger charge is -2.38. The molecule has 138 valence electrons. The molecular weight excluding hydrogens is 342 g/mol. The van der Waals surface area contributed by atoms with Crippen molar-refractivity contribution in [3.63, 3.8) is 0 Å². The summed E-state index contributed by atoms with van der Waals surface area (Å²) in [6.45, 7) is -0.143. The maximum Gasteiger partial charge on any atom is 0.270 e. The maximum atomic E-state index is 12.7. The summed E-state index contributed by atoms with van der Waals surface area (Å²) >= 11 is 0. The number of benzene rings is 1. The van der Waals surface area contributed by atoms with Crippen molar-refractivity contribution >= 4 is 16.8 Å². The number of para-hydroxylation sites is 1. The van der Waals surface area contributed by atoms with Crippen molar-refractivity contribution in [1.82, 2.24) is 15.3 Å². The van der Waals surface area contributed by atoms with Crippen LogP contribution in [0.3, 0.4) is 0 Å². The van der Waals surface area contributed by atoms with Crippen LogP contribution in [-0.4, -0.2) is 32.2 Å². The Morgan fingerprint density at radius 3 is 2.78 bits per heavy atom. The van der Waals surface area contributed by atoms with Crippen molar-refractivity contribution in [2.45, 2.75) is 31.6 Å². The van der Waals surface area contributed by atoms with Gasteiger partial charge in [-0.05, 0) is 54.2 Å². The normalized spacial score (nSPS) is 20.1. The van der Waals surface area contributed by atoms with Crippen LogP contribution in [-0.2, 0) is 6.61 Å². The van der Waals surface area contributed by atoms with Crippen LogP contribution in [0.15, 0.2) is 54.9 Å². The van der Waals surface area contributed by atoms with Crippen molar-refractivity contribution in [2.75, 3.05) is 0 Å². The molecule has 6 heteroatoms. The molecule has 1 fully saturated rings. The van der Waals surface area contributed by atoms with Crippen molar-refractivity contribution in [3.05, 3.63) is 71.7 Å². The zero-order chi connectivity index (χ0) is 18.8. The number of hydrogen-bond acceptors (Lipinski definition) is 5. The molecule has 0 radical (unpaired) electrons. The van der Waals surface area contributed by atoms with E-state index in [-0.39, 0.29) is 36.3 Å². The van der Waals surface area contributed by atoms with Gasteiger partial charge in [0.2, 0.25) is 0 Å². The predicted molar refractivity (Wildman–Crippen MR) is 101 cm³/mol. The highest BCUT2D eigenvalue weighted by molar-refractivity contribution is 5.92. The molecule has 1 saturated carbocycles. The summed E-state index contributed by atoms with van der Waals surface area (Å²) in [5.41, 5.74) is 2.72. The van der Waals surface area contributed by atoms with E-state index in [4.69, 9.17) is 0 Å². The van der Waals surface area contributed by atoms with Crippen LogP contribution in [0.25, 0.3) is 10.9 Å². The van der Waals surface area contributed by atoms with E-state index in [9.17, 15) is 15.0 Å². The first-order chi connectivity index (χ1) is 13.1. The Balaban J connectivity index is 1.63. The lowest BCUT2D eigenvalue weighted by Crippen LogP contribution is -2.41. The number of fused-ring (bicyclic) bond motifs is 1. The Hall–Kier alpha value is -2.83. The van der Waals surface area contributed by atoms with Gasteiger partial charge in [0.15, 0.2) is 0 Å². The molecule has 27 heavy (non-hydrogen) atoms. The molecule has 1 aromatic carbocycles. The van der Waals surface area contributed by atoms with Crippen LogP contribution in [0.4, 0.5) is 0 Å². The summed E-state index contributed by atoms with van der Waals surface area (Å²) in [7, 11) is 0. The second kappa shape index (κ2) is 7.42. The molecule has 0 spiro atoms. The number of hydrogen-bond donors (Lipinski definition) is 3. The number of nitrogens with one attached hydrogen (secondary N) is 1. The Labute approximate surface area is 156 Å². The zero-order valence-electron chi connectivity index (χ0n) is 14.7. The fourth-order valence-corrected chi connectivity index (χ4v) is 3.55. The second-order valence-electron chi connectivity index (χ2n) is 7.01. The molecule has 1 amide bonds. The monoisotopic (exact) mass is 363 g/mol. The topological polar surface area (TPSA) is 95.3 Å². The Morgan fingerprint density at radius 1 is 1.19 bits per heavy atom. The first-order valence-electron chi connectivity index (χ1n) is 9.03. The molecule has 6 nitrogen and oxygen atoms in total. The van der Waals surface area contributed by atoms with Gasteiger partial charge in [0.05, 0.1) is 24.3 Å². The number of aliphatic hydroxyl groups excluding tert-OH is 2. The van der Waals surface area contributed by atoms with Crippen LogP contribution in [0.2, 0.25) is 0 Å². The third kappa shape index (κ3) is 3.67. The number of carbonyl (C=O) groups excluding carboxylic acids is 1. The summed E-state index contributed by atoms with van der Waals surface area (Å²) < 4.78 is 0. The molecule has 0 aliphatic heterocycles. The molecule has 1 unspecified atom stereocenters. The molecule has 0 bridgehead atoms. The number of carbonyl (C=O) groups is 1. The summed E-state index contributed by atoms with van der Waals surface area (Å²) in [6.07, 6.45) is 4.26. The summed E-state index contributed by atoms with van der Waals surface area (Å²) in [5, 5.41) is 23.1. The Kier molecular flexibility index (Phi) is 4.83. The van der Waals surface area contributed by atoms with Gasteiger partial charge in [-0.2, -0.15) is 0 Å². The molecule has 3 aromatic rings. The Bertz CT molecular complexity index is 970. The van der Waals surface area contributed by atoms with Crippen molar-refractivity contribution in [3.8, 4) is 0 Å². The van der Waals surface area contributed by atoms with Crippen LogP contribution in [0.1, 0.15) is 40.5 Å². The third-order valence-corrected chi connectivity index (χ3v) is 5.12. The zero-order valence-corrected chi connectivity index (χ0v) is 14.7. The number of amides is 1. The minimum atomic E-state index is -0.321. The van der Waals surface area contributed by atoms with E-state index in [1.807, 2.05) is 30.3 Å². The van der Waals surface area contributed by atoms with Crippen molar-refractivity contribution in [2.24, 2.45) is 5.92 Å². The molecule has 3 N–H and O–H groups in total. The van der Waals surface area contributed by atoms with E-state index < -0.39 is 0 Å². The fourth-order valence-electron chi connectivity index (χ4n) is 3.55. The van der Waals surface area contributed by atoms with Gasteiger partial charge in [-0.15, -0.1) is 0 Å². The molecule has 2 heterocycles. The van der Waals surface area contributed by atoms with Gasteiger partial charge in [-0.3, -0.25) is 14.8 Å². The van der Waals surface area contributed by atoms with Crippen LogP contribution in [0.5, 0.6) is 0 Å². The van der Waals surface area contributed by atoms with Gasteiger partial charge in [-0.25, -0.2) is 0 Å². The number of nitrogens with zero attached hydrogens (tertiary/aromatic N) is 2. The minimum Gasteiger partial charge on any atom is -0.393 e.